The highest BCUT2D eigenvalue weighted by Gasteiger charge is 2.16. The van der Waals surface area contributed by atoms with Gasteiger partial charge in [-0.3, -0.25) is 4.90 Å². The Morgan fingerprint density at radius 3 is 2.33 bits per heavy atom. The monoisotopic (exact) mass is 212 g/mol. The molecule has 0 N–H and O–H groups in total. The number of hydrogen-bond acceptors (Lipinski definition) is 4. The smallest absolute Gasteiger partial charge is 0.331 e. The lowest BCUT2D eigenvalue weighted by atomic mass is 10.2. The van der Waals surface area contributed by atoms with Crippen LogP contribution in [0.3, 0.4) is 0 Å². The Morgan fingerprint density at radius 2 is 1.87 bits per heavy atom. The molecule has 0 atom stereocenters. The van der Waals surface area contributed by atoms with Crippen molar-refractivity contribution in [3.8, 4) is 0 Å². The first-order chi connectivity index (χ1) is 7.13. The molecule has 0 radical (unpaired) electrons. The summed E-state index contributed by atoms with van der Waals surface area (Å²) >= 11 is 0. The summed E-state index contributed by atoms with van der Waals surface area (Å²) in [6.07, 6.45) is 3.30. The van der Waals surface area contributed by atoms with E-state index >= 15 is 0 Å². The Morgan fingerprint density at radius 1 is 1.27 bits per heavy atom. The second kappa shape index (κ2) is 5.75. The van der Waals surface area contributed by atoms with Crippen LogP contribution in [0.1, 0.15) is 13.8 Å². The van der Waals surface area contributed by atoms with E-state index in [0.29, 0.717) is 6.04 Å². The molecule has 4 nitrogen and oxygen atoms in total. The third-order valence-corrected chi connectivity index (χ3v) is 2.70. The maximum absolute atomic E-state index is 10.9. The number of carbonyl (C=O) groups excluding carboxylic acids is 1. The predicted octanol–water partition coefficient (Wildman–Crippen LogP) is 0.699. The lowest BCUT2D eigenvalue weighted by Gasteiger charge is -2.36. The average Bonchev–Trinajstić information content (AvgIpc) is 2.26. The van der Waals surface area contributed by atoms with Crippen molar-refractivity contribution in [2.24, 2.45) is 0 Å². The molecule has 0 saturated carbocycles. The third kappa shape index (κ3) is 3.91. The Balaban J connectivity index is 2.31. The van der Waals surface area contributed by atoms with Gasteiger partial charge in [0.2, 0.25) is 0 Å². The number of carbonyl (C=O) groups is 1. The molecule has 1 fully saturated rings. The van der Waals surface area contributed by atoms with Crippen molar-refractivity contribution in [2.75, 3.05) is 33.3 Å². The zero-order chi connectivity index (χ0) is 11.3. The largest absolute Gasteiger partial charge is 0.466 e. The van der Waals surface area contributed by atoms with Crippen molar-refractivity contribution < 1.29 is 9.53 Å². The molecule has 86 valence electrons. The summed E-state index contributed by atoms with van der Waals surface area (Å²) in [4.78, 5) is 15.5. The van der Waals surface area contributed by atoms with Gasteiger partial charge in [0.05, 0.1) is 7.11 Å². The van der Waals surface area contributed by atoms with Gasteiger partial charge in [-0.25, -0.2) is 4.79 Å². The third-order valence-electron chi connectivity index (χ3n) is 2.70. The van der Waals surface area contributed by atoms with Crippen LogP contribution in [0.25, 0.3) is 0 Å². The van der Waals surface area contributed by atoms with Gasteiger partial charge in [-0.05, 0) is 13.8 Å². The van der Waals surface area contributed by atoms with Gasteiger partial charge in [0.1, 0.15) is 0 Å². The van der Waals surface area contributed by atoms with Crippen LogP contribution in [0.15, 0.2) is 12.3 Å². The van der Waals surface area contributed by atoms with Gasteiger partial charge in [-0.15, -0.1) is 0 Å². The minimum absolute atomic E-state index is 0.290. The molecule has 0 aromatic carbocycles. The zero-order valence-corrected chi connectivity index (χ0v) is 9.77. The van der Waals surface area contributed by atoms with Crippen molar-refractivity contribution in [1.29, 1.82) is 0 Å². The SMILES string of the molecule is COC(=O)C=CN1CCN(C(C)C)CC1. The maximum Gasteiger partial charge on any atom is 0.331 e. The van der Waals surface area contributed by atoms with Crippen molar-refractivity contribution in [3.05, 3.63) is 12.3 Å². The van der Waals surface area contributed by atoms with E-state index in [1.807, 2.05) is 6.20 Å². The van der Waals surface area contributed by atoms with Crippen LogP contribution in [-0.2, 0) is 9.53 Å². The number of hydrogen-bond donors (Lipinski definition) is 0. The quantitative estimate of drug-likeness (QED) is 0.509. The molecular formula is C11H20N2O2. The summed E-state index contributed by atoms with van der Waals surface area (Å²) in [5, 5.41) is 0. The molecule has 1 heterocycles. The topological polar surface area (TPSA) is 32.8 Å². The molecule has 15 heavy (non-hydrogen) atoms. The summed E-state index contributed by atoms with van der Waals surface area (Å²) < 4.78 is 4.54. The first-order valence-electron chi connectivity index (χ1n) is 5.37. The fourth-order valence-electron chi connectivity index (χ4n) is 1.64. The van der Waals surface area contributed by atoms with E-state index in [9.17, 15) is 4.79 Å². The minimum Gasteiger partial charge on any atom is -0.466 e. The highest BCUT2D eigenvalue weighted by Crippen LogP contribution is 2.05. The second-order valence-electron chi connectivity index (χ2n) is 4.00. The van der Waals surface area contributed by atoms with E-state index in [2.05, 4.69) is 28.4 Å². The number of methoxy groups -OCH3 is 1. The van der Waals surface area contributed by atoms with Gasteiger partial charge >= 0.3 is 5.97 Å². The average molecular weight is 212 g/mol. The van der Waals surface area contributed by atoms with Crippen LogP contribution in [0.2, 0.25) is 0 Å². The van der Waals surface area contributed by atoms with Gasteiger partial charge in [0.25, 0.3) is 0 Å². The summed E-state index contributed by atoms with van der Waals surface area (Å²) in [5.41, 5.74) is 0. The van der Waals surface area contributed by atoms with E-state index in [0.717, 1.165) is 26.2 Å². The van der Waals surface area contributed by atoms with Gasteiger partial charge in [-0.2, -0.15) is 0 Å². The van der Waals surface area contributed by atoms with Crippen molar-refractivity contribution in [3.63, 3.8) is 0 Å². The van der Waals surface area contributed by atoms with E-state index in [1.54, 1.807) is 0 Å². The Labute approximate surface area is 91.5 Å². The Hall–Kier alpha value is -1.03. The van der Waals surface area contributed by atoms with Crippen molar-refractivity contribution in [1.82, 2.24) is 9.80 Å². The first-order valence-corrected chi connectivity index (χ1v) is 5.37. The van der Waals surface area contributed by atoms with Crippen LogP contribution in [0.5, 0.6) is 0 Å². The highest BCUT2D eigenvalue weighted by atomic mass is 16.5. The highest BCUT2D eigenvalue weighted by molar-refractivity contribution is 5.81. The van der Waals surface area contributed by atoms with Gasteiger partial charge in [0.15, 0.2) is 0 Å². The molecule has 1 saturated heterocycles. The van der Waals surface area contributed by atoms with Crippen LogP contribution in [-0.4, -0.2) is 55.1 Å². The fraction of sp³-hybridized carbons (Fsp3) is 0.727. The van der Waals surface area contributed by atoms with Crippen LogP contribution >= 0.6 is 0 Å². The van der Waals surface area contributed by atoms with E-state index in [4.69, 9.17) is 0 Å². The number of esters is 1. The van der Waals surface area contributed by atoms with Gasteiger partial charge in [-0.1, -0.05) is 0 Å². The Bertz CT molecular complexity index is 231. The fourth-order valence-corrected chi connectivity index (χ4v) is 1.64. The summed E-state index contributed by atoms with van der Waals surface area (Å²) in [5.74, 6) is -0.290. The standard InChI is InChI=1S/C11H20N2O2/c1-10(2)13-8-6-12(7-9-13)5-4-11(14)15-3/h4-5,10H,6-9H2,1-3H3. The molecule has 1 aliphatic rings. The molecule has 0 spiro atoms. The molecule has 1 aliphatic heterocycles. The number of rotatable bonds is 3. The maximum atomic E-state index is 10.9. The predicted molar refractivity (Wildman–Crippen MR) is 59.4 cm³/mol. The number of piperazine rings is 1. The van der Waals surface area contributed by atoms with E-state index < -0.39 is 0 Å². The van der Waals surface area contributed by atoms with Crippen LogP contribution in [0, 0.1) is 0 Å². The lowest BCUT2D eigenvalue weighted by Crippen LogP contribution is -2.46. The molecule has 0 aromatic rings. The summed E-state index contributed by atoms with van der Waals surface area (Å²) in [7, 11) is 1.39. The lowest BCUT2D eigenvalue weighted by molar-refractivity contribution is -0.134. The van der Waals surface area contributed by atoms with Crippen molar-refractivity contribution in [2.45, 2.75) is 19.9 Å². The van der Waals surface area contributed by atoms with Gasteiger partial charge < -0.3 is 9.64 Å². The summed E-state index contributed by atoms with van der Waals surface area (Å²) in [6.45, 7) is 8.49. The van der Waals surface area contributed by atoms with E-state index in [-0.39, 0.29) is 5.97 Å². The number of nitrogens with zero attached hydrogens (tertiary/aromatic N) is 2. The molecular weight excluding hydrogens is 192 g/mol. The molecule has 0 aromatic heterocycles. The molecule has 0 aliphatic carbocycles. The molecule has 0 bridgehead atoms. The molecule has 0 amide bonds. The first kappa shape index (κ1) is 12.0. The minimum atomic E-state index is -0.290. The Kier molecular flexibility index (Phi) is 4.62. The molecule has 0 unspecified atom stereocenters. The number of ether oxygens (including phenoxy) is 1. The van der Waals surface area contributed by atoms with Crippen LogP contribution in [0.4, 0.5) is 0 Å². The zero-order valence-electron chi connectivity index (χ0n) is 9.77. The van der Waals surface area contributed by atoms with Crippen molar-refractivity contribution >= 4 is 5.97 Å². The second-order valence-corrected chi connectivity index (χ2v) is 4.00. The van der Waals surface area contributed by atoms with E-state index in [1.165, 1.54) is 13.2 Å². The van der Waals surface area contributed by atoms with Gasteiger partial charge in [0, 0.05) is 44.5 Å². The molecule has 1 rings (SSSR count). The summed E-state index contributed by atoms with van der Waals surface area (Å²) in [6, 6.07) is 0.608. The normalized spacial score (nSPS) is 18.8. The molecule has 4 heteroatoms. The van der Waals surface area contributed by atoms with Crippen LogP contribution < -0.4 is 0 Å².